The summed E-state index contributed by atoms with van der Waals surface area (Å²) in [5, 5.41) is 11.2. The Labute approximate surface area is 461 Å². The summed E-state index contributed by atoms with van der Waals surface area (Å²) in [5.74, 6) is -5.60. The standard InChI is InChI=1S/C58H49ClF3N5O10S2/c1-55(2,3)53(71)75-36-74-52(70)48-44(76-79(72,73)58(60,61)62)35-34-43-45(51(69)67(43)48)63-50(68)47(66-77-57(40-28-16-7-17-29-40,41-30-18-8-19-31-41)42-32-20-9-21-33-42)46-49(59)78-54(64-46)65-56(37-22-10-4-11-23-37,38-24-12-5-13-25-38)39-26-14-6-15-27-39/h4-33,43,45H,34-36H2,1-3H3,(H,63,68)(H,64,65)/b66-47-. The molecule has 6 aromatic carbocycles. The number of amides is 2. The molecule has 1 saturated heterocycles. The lowest BCUT2D eigenvalue weighted by atomic mass is 9.77. The summed E-state index contributed by atoms with van der Waals surface area (Å²) < 4.78 is 80.2. The molecule has 1 fully saturated rings. The molecule has 79 heavy (non-hydrogen) atoms. The maximum absolute atomic E-state index is 15.3. The van der Waals surface area contributed by atoms with E-state index in [-0.39, 0.29) is 21.6 Å². The quantitative estimate of drug-likeness (QED) is 0.0121. The van der Waals surface area contributed by atoms with E-state index in [1.165, 1.54) is 20.8 Å². The Morgan fingerprint density at radius 3 is 1.58 bits per heavy atom. The van der Waals surface area contributed by atoms with Crippen LogP contribution in [0.5, 0.6) is 0 Å². The van der Waals surface area contributed by atoms with Gasteiger partial charge < -0.3 is 29.1 Å². The summed E-state index contributed by atoms with van der Waals surface area (Å²) in [4.78, 5) is 68.2. The predicted molar refractivity (Wildman–Crippen MR) is 288 cm³/mol. The Morgan fingerprint density at radius 1 is 0.709 bits per heavy atom. The number of rotatable bonds is 18. The van der Waals surface area contributed by atoms with Gasteiger partial charge in [0.2, 0.25) is 12.4 Å². The topological polar surface area (TPSA) is 192 Å². The minimum atomic E-state index is -6.38. The molecule has 2 amide bonds. The van der Waals surface area contributed by atoms with Crippen molar-refractivity contribution in [2.45, 2.75) is 62.3 Å². The Kier molecular flexibility index (Phi) is 15.8. The number of esters is 2. The van der Waals surface area contributed by atoms with E-state index in [4.69, 9.17) is 30.9 Å². The number of anilines is 1. The van der Waals surface area contributed by atoms with Crippen LogP contribution in [0, 0.1) is 5.41 Å². The van der Waals surface area contributed by atoms with Crippen LogP contribution in [-0.4, -0.2) is 72.2 Å². The first-order valence-electron chi connectivity index (χ1n) is 24.5. The van der Waals surface area contributed by atoms with Crippen molar-refractivity contribution < 1.29 is 59.3 Å². The smallest absolute Gasteiger partial charge is 0.427 e. The molecule has 2 unspecified atom stereocenters. The SMILES string of the molecule is CC(C)(C)C(=O)OCOC(=O)C1=C(OS(=O)(=O)C(F)(F)F)CCC2C(NC(=O)/C(=N\OC(c3ccccc3)(c3ccccc3)c3ccccc3)c3nc(NC(c4ccccc4)(c4ccccc4)c4ccccc4)sc3Cl)C(=O)N12. The number of thiazole rings is 1. The molecule has 7 aromatic rings. The van der Waals surface area contributed by atoms with Crippen LogP contribution in [0.4, 0.5) is 18.3 Å². The van der Waals surface area contributed by atoms with Crippen molar-refractivity contribution in [3.8, 4) is 0 Å². The van der Waals surface area contributed by atoms with Gasteiger partial charge in [0.25, 0.3) is 11.8 Å². The van der Waals surface area contributed by atoms with Gasteiger partial charge in [0.1, 0.15) is 21.6 Å². The molecule has 0 saturated carbocycles. The predicted octanol–water partition coefficient (Wildman–Crippen LogP) is 10.6. The van der Waals surface area contributed by atoms with E-state index in [2.05, 4.69) is 20.0 Å². The van der Waals surface area contributed by atoms with Gasteiger partial charge >= 0.3 is 27.6 Å². The number of hydrogen-bond donors (Lipinski definition) is 2. The average molecular weight is 1130 g/mol. The Hall–Kier alpha value is -8.33. The van der Waals surface area contributed by atoms with Crippen LogP contribution >= 0.6 is 22.9 Å². The van der Waals surface area contributed by atoms with E-state index >= 15 is 4.79 Å². The third-order valence-electron chi connectivity index (χ3n) is 13.1. The molecule has 2 atom stereocenters. The van der Waals surface area contributed by atoms with Gasteiger partial charge in [-0.3, -0.25) is 19.3 Å². The highest BCUT2D eigenvalue weighted by molar-refractivity contribution is 7.87. The lowest BCUT2D eigenvalue weighted by Gasteiger charge is -2.49. The van der Waals surface area contributed by atoms with Gasteiger partial charge in [-0.25, -0.2) is 9.78 Å². The molecule has 1 aromatic heterocycles. The van der Waals surface area contributed by atoms with Gasteiger partial charge in [0.05, 0.1) is 11.5 Å². The van der Waals surface area contributed by atoms with E-state index in [1.54, 1.807) is 0 Å². The van der Waals surface area contributed by atoms with Gasteiger partial charge in [-0.15, -0.1) is 0 Å². The second-order valence-electron chi connectivity index (χ2n) is 19.2. The zero-order chi connectivity index (χ0) is 56.2. The van der Waals surface area contributed by atoms with Crippen LogP contribution < -0.4 is 10.6 Å². The molecule has 406 valence electrons. The van der Waals surface area contributed by atoms with Crippen molar-refractivity contribution >= 4 is 67.7 Å². The number of nitrogens with zero attached hydrogens (tertiary/aromatic N) is 3. The highest BCUT2D eigenvalue weighted by Gasteiger charge is 2.57. The zero-order valence-corrected chi connectivity index (χ0v) is 44.7. The summed E-state index contributed by atoms with van der Waals surface area (Å²) in [6.07, 6.45) is -0.998. The highest BCUT2D eigenvalue weighted by Crippen LogP contribution is 2.45. The van der Waals surface area contributed by atoms with Crippen LogP contribution in [0.15, 0.2) is 199 Å². The number of alkyl halides is 3. The number of ether oxygens (including phenoxy) is 2. The van der Waals surface area contributed by atoms with E-state index in [0.717, 1.165) is 28.0 Å². The molecule has 9 rings (SSSR count). The molecule has 0 aliphatic carbocycles. The molecule has 0 spiro atoms. The third-order valence-corrected chi connectivity index (χ3v) is 15.3. The van der Waals surface area contributed by atoms with Crippen LogP contribution in [0.3, 0.4) is 0 Å². The normalized spacial score (nSPS) is 16.0. The van der Waals surface area contributed by atoms with Crippen molar-refractivity contribution in [2.24, 2.45) is 10.6 Å². The Balaban J connectivity index is 1.15. The van der Waals surface area contributed by atoms with Gasteiger partial charge in [-0.1, -0.05) is 210 Å². The van der Waals surface area contributed by atoms with Crippen molar-refractivity contribution in [1.82, 2.24) is 15.2 Å². The maximum atomic E-state index is 15.3. The van der Waals surface area contributed by atoms with Gasteiger partial charge in [0, 0.05) is 23.1 Å². The van der Waals surface area contributed by atoms with Gasteiger partial charge in [-0.2, -0.15) is 21.6 Å². The number of oxime groups is 1. The van der Waals surface area contributed by atoms with E-state index in [0.29, 0.717) is 21.6 Å². The molecule has 2 aliphatic heterocycles. The summed E-state index contributed by atoms with van der Waals surface area (Å²) in [5.41, 5.74) is -7.16. The van der Waals surface area contributed by atoms with Crippen molar-refractivity contribution in [3.05, 3.63) is 237 Å². The van der Waals surface area contributed by atoms with E-state index < -0.39 is 98.4 Å². The first kappa shape index (κ1) is 55.4. The van der Waals surface area contributed by atoms with E-state index in [9.17, 15) is 36.0 Å². The number of benzene rings is 6. The summed E-state index contributed by atoms with van der Waals surface area (Å²) in [7, 11) is -6.38. The molecular weight excluding hydrogens is 1080 g/mol. The fourth-order valence-electron chi connectivity index (χ4n) is 9.34. The van der Waals surface area contributed by atoms with Crippen LogP contribution in [0.1, 0.15) is 72.7 Å². The maximum Gasteiger partial charge on any atom is 0.534 e. The van der Waals surface area contributed by atoms with Gasteiger partial charge in [0.15, 0.2) is 22.3 Å². The minimum absolute atomic E-state index is 0.0418. The molecule has 3 heterocycles. The number of nitrogens with one attached hydrogen (secondary N) is 2. The number of carbonyl (C=O) groups is 4. The Morgan fingerprint density at radius 2 is 1.15 bits per heavy atom. The highest BCUT2D eigenvalue weighted by atomic mass is 35.5. The number of carbonyl (C=O) groups excluding carboxylic acids is 4. The third kappa shape index (κ3) is 11.1. The molecule has 0 bridgehead atoms. The van der Waals surface area contributed by atoms with Crippen molar-refractivity contribution in [1.29, 1.82) is 0 Å². The lowest BCUT2D eigenvalue weighted by Crippen LogP contribution is -2.72. The lowest BCUT2D eigenvalue weighted by molar-refractivity contribution is -0.174. The van der Waals surface area contributed by atoms with Crippen molar-refractivity contribution in [3.63, 3.8) is 0 Å². The Bertz CT molecular complexity index is 3340. The second kappa shape index (κ2) is 22.6. The molecule has 21 heteroatoms. The second-order valence-corrected chi connectivity index (χ2v) is 22.3. The number of fused-ring (bicyclic) bond motifs is 1. The number of halogens is 4. The fraction of sp³-hybridized carbons (Fsp3) is 0.207. The summed E-state index contributed by atoms with van der Waals surface area (Å²) in [6.45, 7) is 3.46. The number of β-lactam (4-membered cyclic amide) rings is 1. The number of hydrogen-bond acceptors (Lipinski definition) is 14. The van der Waals surface area contributed by atoms with Crippen molar-refractivity contribution in [2.75, 3.05) is 12.1 Å². The van der Waals surface area contributed by atoms with Gasteiger partial charge in [-0.05, 0) is 43.9 Å². The van der Waals surface area contributed by atoms with E-state index in [1.807, 2.05) is 182 Å². The molecule has 15 nitrogen and oxygen atoms in total. The van der Waals surface area contributed by atoms with Crippen LogP contribution in [0.25, 0.3) is 0 Å². The van der Waals surface area contributed by atoms with Crippen LogP contribution in [-0.2, 0) is 58.9 Å². The fourth-order valence-corrected chi connectivity index (χ4v) is 11.0. The average Bonchev–Trinajstić information content (AvgIpc) is 4.00. The number of allylic oxidation sites excluding steroid dienone is 1. The van der Waals surface area contributed by atoms with Crippen LogP contribution in [0.2, 0.25) is 4.34 Å². The first-order chi connectivity index (χ1) is 37.8. The molecule has 0 radical (unpaired) electrons. The zero-order valence-electron chi connectivity index (χ0n) is 42.3. The largest absolute Gasteiger partial charge is 0.534 e. The molecular formula is C58H49ClF3N5O10S2. The summed E-state index contributed by atoms with van der Waals surface area (Å²) >= 11 is 8.20. The first-order valence-corrected chi connectivity index (χ1v) is 27.1. The minimum Gasteiger partial charge on any atom is -0.427 e. The molecule has 2 aliphatic rings. The number of aromatic nitrogens is 1. The molecule has 2 N–H and O–H groups in total. The monoisotopic (exact) mass is 1130 g/mol. The summed E-state index contributed by atoms with van der Waals surface area (Å²) in [6, 6.07) is 53.5.